The van der Waals surface area contributed by atoms with Crippen LogP contribution in [0, 0.1) is 0 Å². The summed E-state index contributed by atoms with van der Waals surface area (Å²) >= 11 is 0. The molecule has 154 valence electrons. The molecule has 1 N–H and O–H groups in total. The van der Waals surface area contributed by atoms with Gasteiger partial charge in [0.1, 0.15) is 11.6 Å². The minimum atomic E-state index is 0.136. The van der Waals surface area contributed by atoms with Crippen molar-refractivity contribution in [2.45, 2.75) is 31.8 Å². The first-order valence-corrected chi connectivity index (χ1v) is 10.4. The number of aromatic nitrogens is 2. The van der Waals surface area contributed by atoms with Crippen LogP contribution in [-0.4, -0.2) is 61.6 Å². The number of nitrogens with one attached hydrogen (secondary N) is 1. The second kappa shape index (κ2) is 8.47. The quantitative estimate of drug-likeness (QED) is 0.808. The van der Waals surface area contributed by atoms with Crippen LogP contribution in [0.4, 0.5) is 11.5 Å². The van der Waals surface area contributed by atoms with Crippen LogP contribution in [-0.2, 0) is 17.8 Å². The molecule has 2 aliphatic rings. The van der Waals surface area contributed by atoms with Crippen LogP contribution in [0.2, 0.25) is 0 Å². The Kier molecular flexibility index (Phi) is 5.78. The van der Waals surface area contributed by atoms with Gasteiger partial charge >= 0.3 is 0 Å². The van der Waals surface area contributed by atoms with Crippen molar-refractivity contribution in [1.82, 2.24) is 20.2 Å². The van der Waals surface area contributed by atoms with Gasteiger partial charge in [-0.2, -0.15) is 0 Å². The number of nitrogens with zero attached hydrogens (tertiary/aromatic N) is 5. The van der Waals surface area contributed by atoms with E-state index in [2.05, 4.69) is 11.4 Å². The van der Waals surface area contributed by atoms with Crippen molar-refractivity contribution >= 4 is 17.4 Å². The molecule has 0 unspecified atom stereocenters. The van der Waals surface area contributed by atoms with Crippen molar-refractivity contribution in [3.05, 3.63) is 47.4 Å². The van der Waals surface area contributed by atoms with Gasteiger partial charge in [-0.05, 0) is 44.5 Å². The van der Waals surface area contributed by atoms with E-state index >= 15 is 0 Å². The summed E-state index contributed by atoms with van der Waals surface area (Å²) < 4.78 is 0. The highest BCUT2D eigenvalue weighted by molar-refractivity contribution is 5.96. The molecule has 1 aromatic heterocycles. The van der Waals surface area contributed by atoms with Gasteiger partial charge in [0, 0.05) is 38.9 Å². The molecule has 0 aliphatic carbocycles. The fourth-order valence-corrected chi connectivity index (χ4v) is 4.12. The molecule has 1 fully saturated rings. The first kappa shape index (κ1) is 19.8. The zero-order valence-corrected chi connectivity index (χ0v) is 17.6. The summed E-state index contributed by atoms with van der Waals surface area (Å²) in [6.07, 6.45) is 3.15. The molecule has 7 heteroatoms. The average Bonchev–Trinajstić information content (AvgIpc) is 3.37. The molecule has 4 rings (SSSR count). The first-order valence-electron chi connectivity index (χ1n) is 10.4. The maximum Gasteiger partial charge on any atom is 0.241 e. The van der Waals surface area contributed by atoms with Gasteiger partial charge in [0.15, 0.2) is 0 Å². The van der Waals surface area contributed by atoms with E-state index in [9.17, 15) is 4.79 Å². The highest BCUT2D eigenvalue weighted by Gasteiger charge is 2.25. The second-order valence-corrected chi connectivity index (χ2v) is 8.22. The van der Waals surface area contributed by atoms with Crippen molar-refractivity contribution in [2.75, 3.05) is 50.6 Å². The Morgan fingerprint density at radius 3 is 2.83 bits per heavy atom. The van der Waals surface area contributed by atoms with Crippen LogP contribution in [0.1, 0.15) is 36.0 Å². The number of amides is 1. The summed E-state index contributed by atoms with van der Waals surface area (Å²) in [6, 6.07) is 10.4. The van der Waals surface area contributed by atoms with Gasteiger partial charge in [-0.3, -0.25) is 9.69 Å². The van der Waals surface area contributed by atoms with Crippen LogP contribution < -0.4 is 15.1 Å². The lowest BCUT2D eigenvalue weighted by Gasteiger charge is -2.23. The normalized spacial score (nSPS) is 18.3. The van der Waals surface area contributed by atoms with E-state index in [0.29, 0.717) is 13.1 Å². The molecular weight excluding hydrogens is 364 g/mol. The minimum Gasteiger partial charge on any atom is -0.363 e. The van der Waals surface area contributed by atoms with E-state index < -0.39 is 0 Å². The summed E-state index contributed by atoms with van der Waals surface area (Å²) in [7, 11) is 5.97. The number of hydrogen-bond donors (Lipinski definition) is 1. The van der Waals surface area contributed by atoms with Gasteiger partial charge in [-0.15, -0.1) is 0 Å². The summed E-state index contributed by atoms with van der Waals surface area (Å²) in [6.45, 7) is 2.76. The van der Waals surface area contributed by atoms with Crippen molar-refractivity contribution in [3.63, 3.8) is 0 Å². The lowest BCUT2D eigenvalue weighted by atomic mass is 10.2. The van der Waals surface area contributed by atoms with Gasteiger partial charge < -0.3 is 15.1 Å². The number of carbonyl (C=O) groups is 1. The molecule has 2 aliphatic heterocycles. The Labute approximate surface area is 172 Å². The van der Waals surface area contributed by atoms with Crippen molar-refractivity contribution in [1.29, 1.82) is 0 Å². The zero-order valence-electron chi connectivity index (χ0n) is 17.6. The number of benzene rings is 1. The smallest absolute Gasteiger partial charge is 0.241 e. The fraction of sp³-hybridized carbons (Fsp3) is 0.500. The molecule has 3 heterocycles. The van der Waals surface area contributed by atoms with Gasteiger partial charge in [0.25, 0.3) is 0 Å². The molecule has 7 nitrogen and oxygen atoms in total. The van der Waals surface area contributed by atoms with E-state index in [1.807, 2.05) is 60.1 Å². The molecular formula is C22H30N6O. The largest absolute Gasteiger partial charge is 0.363 e. The molecule has 1 amide bonds. The van der Waals surface area contributed by atoms with E-state index in [4.69, 9.17) is 9.97 Å². The third kappa shape index (κ3) is 4.41. The predicted molar refractivity (Wildman–Crippen MR) is 115 cm³/mol. The highest BCUT2D eigenvalue weighted by Crippen LogP contribution is 2.27. The van der Waals surface area contributed by atoms with Crippen molar-refractivity contribution < 1.29 is 4.79 Å². The zero-order chi connectivity index (χ0) is 20.4. The molecule has 2 aromatic rings. The Hall–Kier alpha value is -2.51. The van der Waals surface area contributed by atoms with Gasteiger partial charge in [-0.25, -0.2) is 9.97 Å². The Balaban J connectivity index is 1.45. The molecule has 0 bridgehead atoms. The molecule has 1 atom stereocenters. The average molecular weight is 395 g/mol. The van der Waals surface area contributed by atoms with Crippen LogP contribution in [0.5, 0.6) is 0 Å². The molecule has 1 saturated heterocycles. The van der Waals surface area contributed by atoms with Crippen LogP contribution >= 0.6 is 0 Å². The standard InChI is InChI=1S/C22H30N6O/c1-26(2)20-13-17(24-22(25-20)18-8-6-11-23-18)14-27(3)15-21(29)28-12-10-16-7-4-5-9-19(16)28/h4-5,7,9,13,18,23H,6,8,10-12,14-15H2,1-3H3/t18-/m0/s1. The van der Waals surface area contributed by atoms with E-state index in [0.717, 1.165) is 55.4 Å². The topological polar surface area (TPSA) is 64.6 Å². The maximum absolute atomic E-state index is 12.9. The number of hydrogen-bond acceptors (Lipinski definition) is 6. The van der Waals surface area contributed by atoms with Gasteiger partial charge in [0.05, 0.1) is 18.3 Å². The SMILES string of the molecule is CN(CC(=O)N1CCc2ccccc21)Cc1cc(N(C)C)nc([C@@H]2CCCN2)n1. The predicted octanol–water partition coefficient (Wildman–Crippen LogP) is 1.99. The third-order valence-electron chi connectivity index (χ3n) is 5.64. The lowest BCUT2D eigenvalue weighted by Crippen LogP contribution is -2.38. The Morgan fingerprint density at radius 1 is 1.24 bits per heavy atom. The summed E-state index contributed by atoms with van der Waals surface area (Å²) in [4.78, 5) is 28.4. The molecule has 29 heavy (non-hydrogen) atoms. The first-order chi connectivity index (χ1) is 14.0. The number of fused-ring (bicyclic) bond motifs is 1. The number of likely N-dealkylation sites (N-methyl/N-ethyl adjacent to an activating group) is 1. The lowest BCUT2D eigenvalue weighted by molar-refractivity contribution is -0.119. The number of carbonyl (C=O) groups excluding carboxylic acids is 1. The van der Waals surface area contributed by atoms with Crippen LogP contribution in [0.25, 0.3) is 0 Å². The van der Waals surface area contributed by atoms with Crippen LogP contribution in [0.15, 0.2) is 30.3 Å². The molecule has 0 radical (unpaired) electrons. The van der Waals surface area contributed by atoms with Crippen LogP contribution in [0.3, 0.4) is 0 Å². The summed E-state index contributed by atoms with van der Waals surface area (Å²) in [5.41, 5.74) is 3.26. The highest BCUT2D eigenvalue weighted by atomic mass is 16.2. The third-order valence-corrected chi connectivity index (χ3v) is 5.64. The van der Waals surface area contributed by atoms with Crippen molar-refractivity contribution in [2.24, 2.45) is 0 Å². The maximum atomic E-state index is 12.9. The summed E-state index contributed by atoms with van der Waals surface area (Å²) in [5.74, 6) is 1.90. The van der Waals surface area contributed by atoms with E-state index in [-0.39, 0.29) is 11.9 Å². The molecule has 0 saturated carbocycles. The molecule has 1 aromatic carbocycles. The number of para-hydroxylation sites is 1. The van der Waals surface area contributed by atoms with Gasteiger partial charge in [-0.1, -0.05) is 18.2 Å². The molecule has 0 spiro atoms. The Bertz CT molecular complexity index is 877. The number of anilines is 2. The summed E-state index contributed by atoms with van der Waals surface area (Å²) in [5, 5.41) is 3.48. The monoisotopic (exact) mass is 394 g/mol. The van der Waals surface area contributed by atoms with Gasteiger partial charge in [0.2, 0.25) is 5.91 Å². The van der Waals surface area contributed by atoms with E-state index in [1.165, 1.54) is 5.56 Å². The van der Waals surface area contributed by atoms with E-state index in [1.54, 1.807) is 0 Å². The Morgan fingerprint density at radius 2 is 2.07 bits per heavy atom. The fourth-order valence-electron chi connectivity index (χ4n) is 4.12. The van der Waals surface area contributed by atoms with Crippen molar-refractivity contribution in [3.8, 4) is 0 Å². The minimum absolute atomic E-state index is 0.136. The second-order valence-electron chi connectivity index (χ2n) is 8.22. The number of rotatable bonds is 6.